The van der Waals surface area contributed by atoms with Gasteiger partial charge in [-0.25, -0.2) is 0 Å². The van der Waals surface area contributed by atoms with E-state index in [1.807, 2.05) is 0 Å². The molecule has 1 unspecified atom stereocenters. The van der Waals surface area contributed by atoms with E-state index >= 15 is 0 Å². The first-order valence-electron chi connectivity index (χ1n) is 8.38. The molecule has 3 aliphatic rings. The van der Waals surface area contributed by atoms with E-state index in [9.17, 15) is 0 Å². The van der Waals surface area contributed by atoms with Crippen molar-refractivity contribution in [3.8, 4) is 0 Å². The van der Waals surface area contributed by atoms with E-state index < -0.39 is 0 Å². The van der Waals surface area contributed by atoms with E-state index in [2.05, 4.69) is 17.1 Å². The Morgan fingerprint density at radius 3 is 2.74 bits per heavy atom. The van der Waals surface area contributed by atoms with Gasteiger partial charge in [0.2, 0.25) is 0 Å². The molecule has 0 aromatic rings. The van der Waals surface area contributed by atoms with Crippen molar-refractivity contribution in [1.82, 2.24) is 10.2 Å². The summed E-state index contributed by atoms with van der Waals surface area (Å²) < 4.78 is 5.84. The molecular formula is C16H30N2O. The van der Waals surface area contributed by atoms with E-state index in [-0.39, 0.29) is 0 Å². The van der Waals surface area contributed by atoms with Crippen LogP contribution in [0.1, 0.15) is 51.9 Å². The monoisotopic (exact) mass is 266 g/mol. The van der Waals surface area contributed by atoms with Gasteiger partial charge in [-0.2, -0.15) is 0 Å². The smallest absolute Gasteiger partial charge is 0.0593 e. The van der Waals surface area contributed by atoms with Gasteiger partial charge in [-0.3, -0.25) is 4.90 Å². The molecule has 1 atom stereocenters. The lowest BCUT2D eigenvalue weighted by Crippen LogP contribution is -2.63. The highest BCUT2D eigenvalue weighted by Crippen LogP contribution is 2.33. The summed E-state index contributed by atoms with van der Waals surface area (Å²) in [7, 11) is 0. The number of piperazine rings is 1. The van der Waals surface area contributed by atoms with Gasteiger partial charge in [0.1, 0.15) is 0 Å². The fourth-order valence-corrected chi connectivity index (χ4v) is 3.80. The molecule has 3 heteroatoms. The van der Waals surface area contributed by atoms with Crippen LogP contribution in [-0.4, -0.2) is 49.3 Å². The Bertz CT molecular complexity index is 284. The van der Waals surface area contributed by atoms with Gasteiger partial charge in [-0.05, 0) is 38.0 Å². The second-order valence-electron chi connectivity index (χ2n) is 6.92. The zero-order valence-corrected chi connectivity index (χ0v) is 12.5. The minimum atomic E-state index is 0.447. The first-order chi connectivity index (χ1) is 9.31. The zero-order chi connectivity index (χ0) is 13.1. The molecule has 1 spiro atoms. The van der Waals surface area contributed by atoms with Gasteiger partial charge in [0.15, 0.2) is 0 Å². The van der Waals surface area contributed by atoms with E-state index in [1.54, 1.807) is 0 Å². The van der Waals surface area contributed by atoms with Crippen LogP contribution in [0.3, 0.4) is 0 Å². The van der Waals surface area contributed by atoms with Crippen LogP contribution in [0.4, 0.5) is 0 Å². The number of nitrogens with zero attached hydrogens (tertiary/aromatic N) is 1. The normalized spacial score (nSPS) is 31.1. The van der Waals surface area contributed by atoms with E-state index in [0.29, 0.717) is 5.54 Å². The summed E-state index contributed by atoms with van der Waals surface area (Å²) in [5, 5.41) is 3.86. The van der Waals surface area contributed by atoms with Crippen LogP contribution >= 0.6 is 0 Å². The molecule has 0 amide bonds. The van der Waals surface area contributed by atoms with Crippen LogP contribution in [0.5, 0.6) is 0 Å². The summed E-state index contributed by atoms with van der Waals surface area (Å²) in [6.07, 6.45) is 9.63. The lowest BCUT2D eigenvalue weighted by atomic mass is 9.91. The minimum Gasteiger partial charge on any atom is -0.380 e. The number of hydrogen-bond donors (Lipinski definition) is 1. The van der Waals surface area contributed by atoms with Gasteiger partial charge in [0, 0.05) is 37.8 Å². The summed E-state index contributed by atoms with van der Waals surface area (Å²) in [5.74, 6) is 0.895. The highest BCUT2D eigenvalue weighted by atomic mass is 16.5. The van der Waals surface area contributed by atoms with Crippen LogP contribution in [0.2, 0.25) is 0 Å². The van der Waals surface area contributed by atoms with Gasteiger partial charge in [0.25, 0.3) is 0 Å². The number of ether oxygens (including phenoxy) is 1. The van der Waals surface area contributed by atoms with Crippen LogP contribution in [0.15, 0.2) is 0 Å². The molecule has 0 aromatic heterocycles. The van der Waals surface area contributed by atoms with Crippen molar-refractivity contribution in [2.24, 2.45) is 5.92 Å². The SMILES string of the molecule is CCC1CNC2(CCCC2)CN1CCOCC1CC1. The maximum absolute atomic E-state index is 5.84. The maximum Gasteiger partial charge on any atom is 0.0593 e. The van der Waals surface area contributed by atoms with Gasteiger partial charge in [-0.1, -0.05) is 19.8 Å². The summed E-state index contributed by atoms with van der Waals surface area (Å²) in [4.78, 5) is 2.70. The van der Waals surface area contributed by atoms with Crippen molar-refractivity contribution in [1.29, 1.82) is 0 Å². The third-order valence-corrected chi connectivity index (χ3v) is 5.34. The van der Waals surface area contributed by atoms with E-state index in [0.717, 1.165) is 31.7 Å². The first kappa shape index (κ1) is 13.8. The molecule has 3 fully saturated rings. The van der Waals surface area contributed by atoms with Crippen LogP contribution in [0.25, 0.3) is 0 Å². The van der Waals surface area contributed by atoms with E-state index in [1.165, 1.54) is 58.0 Å². The third kappa shape index (κ3) is 3.50. The second-order valence-corrected chi connectivity index (χ2v) is 6.92. The zero-order valence-electron chi connectivity index (χ0n) is 12.5. The Morgan fingerprint density at radius 2 is 2.05 bits per heavy atom. The van der Waals surface area contributed by atoms with Crippen molar-refractivity contribution in [3.05, 3.63) is 0 Å². The number of rotatable bonds is 6. The molecular weight excluding hydrogens is 236 g/mol. The van der Waals surface area contributed by atoms with Crippen LogP contribution < -0.4 is 5.32 Å². The molecule has 0 radical (unpaired) electrons. The molecule has 2 saturated carbocycles. The molecule has 0 aromatic carbocycles. The minimum absolute atomic E-state index is 0.447. The maximum atomic E-state index is 5.84. The number of hydrogen-bond acceptors (Lipinski definition) is 3. The predicted octanol–water partition coefficient (Wildman–Crippen LogP) is 2.41. The molecule has 19 heavy (non-hydrogen) atoms. The van der Waals surface area contributed by atoms with E-state index in [4.69, 9.17) is 4.74 Å². The Hall–Kier alpha value is -0.120. The van der Waals surface area contributed by atoms with Gasteiger partial charge in [-0.15, -0.1) is 0 Å². The lowest BCUT2D eigenvalue weighted by Gasteiger charge is -2.46. The summed E-state index contributed by atoms with van der Waals surface area (Å²) in [6.45, 7) is 7.82. The Balaban J connectivity index is 1.46. The molecule has 110 valence electrons. The molecule has 3 nitrogen and oxygen atoms in total. The fraction of sp³-hybridized carbons (Fsp3) is 1.00. The van der Waals surface area contributed by atoms with Gasteiger partial charge in [0.05, 0.1) is 6.61 Å². The van der Waals surface area contributed by atoms with Crippen LogP contribution in [-0.2, 0) is 4.74 Å². The number of nitrogens with one attached hydrogen (secondary N) is 1. The Labute approximate surface area is 118 Å². The van der Waals surface area contributed by atoms with Crippen molar-refractivity contribution in [3.63, 3.8) is 0 Å². The second kappa shape index (κ2) is 6.11. The first-order valence-corrected chi connectivity index (χ1v) is 8.38. The van der Waals surface area contributed by atoms with Crippen molar-refractivity contribution >= 4 is 0 Å². The highest BCUT2D eigenvalue weighted by Gasteiger charge is 2.40. The molecule has 1 N–H and O–H groups in total. The average Bonchev–Trinajstić information content (AvgIpc) is 3.16. The van der Waals surface area contributed by atoms with Crippen LogP contribution in [0, 0.1) is 5.92 Å². The molecule has 2 aliphatic carbocycles. The van der Waals surface area contributed by atoms with Gasteiger partial charge < -0.3 is 10.1 Å². The Kier molecular flexibility index (Phi) is 4.45. The molecule has 3 rings (SSSR count). The fourth-order valence-electron chi connectivity index (χ4n) is 3.80. The standard InChI is InChI=1S/C16H30N2O/c1-2-15-11-17-16(7-3-4-8-16)13-18(15)9-10-19-12-14-5-6-14/h14-15,17H,2-13H2,1H3. The quantitative estimate of drug-likeness (QED) is 0.747. The largest absolute Gasteiger partial charge is 0.380 e. The molecule has 1 heterocycles. The van der Waals surface area contributed by atoms with Crippen molar-refractivity contribution in [2.75, 3.05) is 32.8 Å². The highest BCUT2D eigenvalue weighted by molar-refractivity contribution is 5.00. The summed E-state index contributed by atoms with van der Waals surface area (Å²) in [6, 6.07) is 0.718. The molecule has 0 bridgehead atoms. The molecule has 1 aliphatic heterocycles. The third-order valence-electron chi connectivity index (χ3n) is 5.34. The van der Waals surface area contributed by atoms with Crippen molar-refractivity contribution < 1.29 is 4.74 Å². The lowest BCUT2D eigenvalue weighted by molar-refractivity contribution is 0.0378. The Morgan fingerprint density at radius 1 is 1.26 bits per heavy atom. The summed E-state index contributed by atoms with van der Waals surface area (Å²) >= 11 is 0. The topological polar surface area (TPSA) is 24.5 Å². The van der Waals surface area contributed by atoms with Crippen molar-refractivity contribution in [2.45, 2.75) is 63.5 Å². The molecule has 1 saturated heterocycles. The summed E-state index contributed by atoms with van der Waals surface area (Å²) in [5.41, 5.74) is 0.447. The average molecular weight is 266 g/mol. The predicted molar refractivity (Wildman–Crippen MR) is 78.4 cm³/mol. The van der Waals surface area contributed by atoms with Gasteiger partial charge >= 0.3 is 0 Å².